The van der Waals surface area contributed by atoms with Gasteiger partial charge in [-0.2, -0.15) is 0 Å². The highest BCUT2D eigenvalue weighted by molar-refractivity contribution is 7.10. The van der Waals surface area contributed by atoms with Crippen LogP contribution in [-0.2, 0) is 6.54 Å². The number of aryl methyl sites for hydroxylation is 1. The van der Waals surface area contributed by atoms with Gasteiger partial charge in [-0.05, 0) is 30.4 Å². The fraction of sp³-hybridized carbons (Fsp3) is 0.429. The Morgan fingerprint density at radius 1 is 1.33 bits per heavy atom. The molecule has 2 rings (SSSR count). The molecule has 0 fully saturated rings. The van der Waals surface area contributed by atoms with Gasteiger partial charge in [0.05, 0.1) is 5.69 Å². The molecule has 0 aliphatic heterocycles. The fourth-order valence-electron chi connectivity index (χ4n) is 1.95. The van der Waals surface area contributed by atoms with Gasteiger partial charge in [0.25, 0.3) is 0 Å². The van der Waals surface area contributed by atoms with Crippen LogP contribution in [0, 0.1) is 12.8 Å². The van der Waals surface area contributed by atoms with Crippen molar-refractivity contribution in [3.63, 3.8) is 0 Å². The summed E-state index contributed by atoms with van der Waals surface area (Å²) in [7, 11) is 0. The number of nitrogens with zero attached hydrogens (tertiary/aromatic N) is 2. The van der Waals surface area contributed by atoms with E-state index in [-0.39, 0.29) is 0 Å². The molecule has 0 aromatic carbocycles. The van der Waals surface area contributed by atoms with Gasteiger partial charge in [0.15, 0.2) is 0 Å². The second kappa shape index (κ2) is 6.07. The van der Waals surface area contributed by atoms with Gasteiger partial charge in [0, 0.05) is 23.7 Å². The Labute approximate surface area is 112 Å². The number of thiophene rings is 1. The Morgan fingerprint density at radius 2 is 2.17 bits per heavy atom. The summed E-state index contributed by atoms with van der Waals surface area (Å²) in [5, 5.41) is 5.71. The van der Waals surface area contributed by atoms with Crippen LogP contribution >= 0.6 is 11.3 Å². The van der Waals surface area contributed by atoms with Crippen molar-refractivity contribution in [3.05, 3.63) is 46.2 Å². The monoisotopic (exact) mass is 261 g/mol. The van der Waals surface area contributed by atoms with E-state index in [4.69, 9.17) is 0 Å². The van der Waals surface area contributed by atoms with Gasteiger partial charge in [0.2, 0.25) is 0 Å². The quantitative estimate of drug-likeness (QED) is 0.897. The van der Waals surface area contributed by atoms with E-state index in [9.17, 15) is 0 Å². The Bertz CT molecular complexity index is 480. The summed E-state index contributed by atoms with van der Waals surface area (Å²) in [6.07, 6.45) is 1.81. The first kappa shape index (κ1) is 13.2. The second-order valence-corrected chi connectivity index (χ2v) is 5.69. The van der Waals surface area contributed by atoms with Crippen LogP contribution in [0.4, 0.5) is 0 Å². The molecule has 0 radical (unpaired) electrons. The lowest BCUT2D eigenvalue weighted by molar-refractivity contribution is 0.414. The molecule has 0 spiro atoms. The summed E-state index contributed by atoms with van der Waals surface area (Å²) in [5.74, 6) is 1.39. The van der Waals surface area contributed by atoms with Crippen LogP contribution in [0.2, 0.25) is 0 Å². The van der Waals surface area contributed by atoms with Crippen molar-refractivity contribution < 1.29 is 0 Å². The predicted molar refractivity (Wildman–Crippen MR) is 75.5 cm³/mol. The van der Waals surface area contributed by atoms with Crippen LogP contribution in [0.1, 0.15) is 36.3 Å². The maximum atomic E-state index is 4.42. The summed E-state index contributed by atoms with van der Waals surface area (Å²) in [5.41, 5.74) is 1.05. The average molecular weight is 261 g/mol. The Balaban J connectivity index is 2.03. The summed E-state index contributed by atoms with van der Waals surface area (Å²) in [6.45, 7) is 7.18. The molecule has 1 N–H and O–H groups in total. The lowest BCUT2D eigenvalue weighted by Crippen LogP contribution is -2.25. The topological polar surface area (TPSA) is 37.8 Å². The summed E-state index contributed by atoms with van der Waals surface area (Å²) in [4.78, 5) is 9.92. The van der Waals surface area contributed by atoms with Crippen LogP contribution < -0.4 is 5.32 Å². The number of hydrogen-bond donors (Lipinski definition) is 1. The third kappa shape index (κ3) is 3.37. The van der Waals surface area contributed by atoms with Gasteiger partial charge < -0.3 is 5.32 Å². The number of aromatic nitrogens is 2. The van der Waals surface area contributed by atoms with Crippen molar-refractivity contribution >= 4 is 11.3 Å². The molecule has 18 heavy (non-hydrogen) atoms. The minimum absolute atomic E-state index is 0.389. The summed E-state index contributed by atoms with van der Waals surface area (Å²) < 4.78 is 0. The Hall–Kier alpha value is -1.26. The predicted octanol–water partition coefficient (Wildman–Crippen LogP) is 3.33. The molecule has 4 heteroatoms. The van der Waals surface area contributed by atoms with Crippen molar-refractivity contribution in [3.8, 4) is 0 Å². The van der Waals surface area contributed by atoms with Gasteiger partial charge in [-0.15, -0.1) is 11.3 Å². The molecule has 0 bridgehead atoms. The zero-order valence-corrected chi connectivity index (χ0v) is 11.9. The summed E-state index contributed by atoms with van der Waals surface area (Å²) in [6, 6.07) is 6.64. The lowest BCUT2D eigenvalue weighted by atomic mass is 10.0. The van der Waals surface area contributed by atoms with Gasteiger partial charge in [0.1, 0.15) is 5.82 Å². The molecule has 0 aliphatic rings. The highest BCUT2D eigenvalue weighted by Crippen LogP contribution is 2.25. The van der Waals surface area contributed by atoms with Gasteiger partial charge in [-0.25, -0.2) is 9.97 Å². The molecular formula is C14H19N3S. The second-order valence-electron chi connectivity index (χ2n) is 4.71. The molecule has 0 aliphatic carbocycles. The SMILES string of the molecule is Cc1nccc(CNC(c2cccs2)C(C)C)n1. The largest absolute Gasteiger partial charge is 0.303 e. The smallest absolute Gasteiger partial charge is 0.125 e. The van der Waals surface area contributed by atoms with Gasteiger partial charge in [-0.1, -0.05) is 19.9 Å². The minimum atomic E-state index is 0.389. The van der Waals surface area contributed by atoms with Crippen LogP contribution in [0.25, 0.3) is 0 Å². The van der Waals surface area contributed by atoms with E-state index >= 15 is 0 Å². The van der Waals surface area contributed by atoms with Crippen molar-refractivity contribution in [2.24, 2.45) is 5.92 Å². The van der Waals surface area contributed by atoms with E-state index < -0.39 is 0 Å². The zero-order valence-electron chi connectivity index (χ0n) is 11.1. The normalized spacial score (nSPS) is 12.9. The molecule has 3 nitrogen and oxygen atoms in total. The van der Waals surface area contributed by atoms with E-state index in [1.807, 2.05) is 19.2 Å². The van der Waals surface area contributed by atoms with Gasteiger partial charge >= 0.3 is 0 Å². The number of hydrogen-bond acceptors (Lipinski definition) is 4. The van der Waals surface area contributed by atoms with Crippen LogP contribution in [0.15, 0.2) is 29.8 Å². The number of rotatable bonds is 5. The van der Waals surface area contributed by atoms with E-state index in [1.54, 1.807) is 11.3 Å². The fourth-order valence-corrected chi connectivity index (χ4v) is 2.92. The van der Waals surface area contributed by atoms with Crippen molar-refractivity contribution in [1.82, 2.24) is 15.3 Å². The lowest BCUT2D eigenvalue weighted by Gasteiger charge is -2.21. The Morgan fingerprint density at radius 3 is 2.78 bits per heavy atom. The molecule has 0 amide bonds. The first-order chi connectivity index (χ1) is 8.66. The molecule has 96 valence electrons. The highest BCUT2D eigenvalue weighted by atomic mass is 32.1. The molecule has 2 heterocycles. The van der Waals surface area contributed by atoms with Crippen LogP contribution in [0.5, 0.6) is 0 Å². The highest BCUT2D eigenvalue weighted by Gasteiger charge is 2.16. The van der Waals surface area contributed by atoms with Crippen molar-refractivity contribution in [1.29, 1.82) is 0 Å². The van der Waals surface area contributed by atoms with Crippen molar-refractivity contribution in [2.45, 2.75) is 33.4 Å². The average Bonchev–Trinajstić information content (AvgIpc) is 2.82. The third-order valence-corrected chi connectivity index (χ3v) is 3.81. The van der Waals surface area contributed by atoms with E-state index in [0.717, 1.165) is 18.1 Å². The molecule has 1 unspecified atom stereocenters. The molecule has 2 aromatic rings. The molecular weight excluding hydrogens is 242 g/mol. The Kier molecular flexibility index (Phi) is 4.44. The zero-order chi connectivity index (χ0) is 13.0. The van der Waals surface area contributed by atoms with E-state index in [0.29, 0.717) is 12.0 Å². The van der Waals surface area contributed by atoms with Crippen LogP contribution in [-0.4, -0.2) is 9.97 Å². The van der Waals surface area contributed by atoms with E-state index in [2.05, 4.69) is 46.6 Å². The van der Waals surface area contributed by atoms with Crippen molar-refractivity contribution in [2.75, 3.05) is 0 Å². The number of nitrogens with one attached hydrogen (secondary N) is 1. The maximum absolute atomic E-state index is 4.42. The molecule has 1 atom stereocenters. The summed E-state index contributed by atoms with van der Waals surface area (Å²) >= 11 is 1.80. The molecule has 0 saturated carbocycles. The first-order valence-electron chi connectivity index (χ1n) is 6.22. The standard InChI is InChI=1S/C14H19N3S/c1-10(2)14(13-5-4-8-18-13)16-9-12-6-7-15-11(3)17-12/h4-8,10,14,16H,9H2,1-3H3. The molecule has 0 saturated heterocycles. The molecule has 2 aromatic heterocycles. The first-order valence-corrected chi connectivity index (χ1v) is 7.10. The van der Waals surface area contributed by atoms with E-state index in [1.165, 1.54) is 4.88 Å². The van der Waals surface area contributed by atoms with Crippen LogP contribution in [0.3, 0.4) is 0 Å². The minimum Gasteiger partial charge on any atom is -0.303 e. The van der Waals surface area contributed by atoms with Gasteiger partial charge in [-0.3, -0.25) is 0 Å². The third-order valence-electron chi connectivity index (χ3n) is 2.85. The maximum Gasteiger partial charge on any atom is 0.125 e.